The van der Waals surface area contributed by atoms with Gasteiger partial charge < -0.3 is 8.85 Å². The van der Waals surface area contributed by atoms with Gasteiger partial charge in [0.2, 0.25) is 0 Å². The summed E-state index contributed by atoms with van der Waals surface area (Å²) in [6.07, 6.45) is -12.5. The Morgan fingerprint density at radius 1 is 1.05 bits per heavy atom. The van der Waals surface area contributed by atoms with Crippen molar-refractivity contribution in [2.45, 2.75) is 36.8 Å². The van der Waals surface area contributed by atoms with Crippen LogP contribution >= 0.6 is 0 Å². The molecule has 2 nitrogen and oxygen atoms in total. The van der Waals surface area contributed by atoms with E-state index in [1.165, 1.54) is 24.3 Å². The molecule has 0 saturated carbocycles. The summed E-state index contributed by atoms with van der Waals surface area (Å²) in [6.45, 7) is 0. The quantitative estimate of drug-likeness (QED) is 0.602. The normalized spacial score (nSPS) is 26.0. The number of benzene rings is 1. The van der Waals surface area contributed by atoms with Crippen LogP contribution in [0.4, 0.5) is 26.3 Å². The van der Waals surface area contributed by atoms with Gasteiger partial charge in [-0.1, -0.05) is 30.3 Å². The van der Waals surface area contributed by atoms with Crippen molar-refractivity contribution in [1.82, 2.24) is 0 Å². The van der Waals surface area contributed by atoms with E-state index in [4.69, 9.17) is 8.85 Å². The lowest BCUT2D eigenvalue weighted by Gasteiger charge is -2.47. The smallest absolute Gasteiger partial charge is 0.394 e. The van der Waals surface area contributed by atoms with Crippen molar-refractivity contribution in [3.63, 3.8) is 0 Å². The van der Waals surface area contributed by atoms with E-state index in [0.717, 1.165) is 7.11 Å². The van der Waals surface area contributed by atoms with Gasteiger partial charge in [-0.2, -0.15) is 26.3 Å². The van der Waals surface area contributed by atoms with Crippen molar-refractivity contribution in [3.8, 4) is 0 Å². The molecule has 1 aliphatic rings. The molecule has 124 valence electrons. The first-order valence-electron chi connectivity index (χ1n) is 6.52. The van der Waals surface area contributed by atoms with Crippen LogP contribution in [-0.4, -0.2) is 33.6 Å². The number of rotatable bonds is 2. The molecule has 0 radical (unpaired) electrons. The van der Waals surface area contributed by atoms with Crippen LogP contribution in [0.3, 0.4) is 0 Å². The average molecular weight is 344 g/mol. The Kier molecular flexibility index (Phi) is 4.35. The van der Waals surface area contributed by atoms with Crippen LogP contribution in [0.2, 0.25) is 6.04 Å². The van der Waals surface area contributed by atoms with Gasteiger partial charge in [-0.05, 0) is 24.1 Å². The molecule has 9 heteroatoms. The van der Waals surface area contributed by atoms with Crippen LogP contribution in [0.5, 0.6) is 0 Å². The van der Waals surface area contributed by atoms with Gasteiger partial charge in [0.1, 0.15) is 0 Å². The maximum Gasteiger partial charge on any atom is 0.425 e. The van der Waals surface area contributed by atoms with Crippen molar-refractivity contribution < 1.29 is 35.2 Å². The predicted molar refractivity (Wildman–Crippen MR) is 68.8 cm³/mol. The van der Waals surface area contributed by atoms with Gasteiger partial charge in [-0.15, -0.1) is 0 Å². The van der Waals surface area contributed by atoms with E-state index in [9.17, 15) is 26.3 Å². The Morgan fingerprint density at radius 2 is 1.59 bits per heavy atom. The molecule has 0 N–H and O–H groups in total. The van der Waals surface area contributed by atoms with E-state index in [1.807, 2.05) is 0 Å². The van der Waals surface area contributed by atoms with Crippen molar-refractivity contribution in [2.75, 3.05) is 7.11 Å². The summed E-state index contributed by atoms with van der Waals surface area (Å²) in [7, 11) is -2.73. The maximum absolute atomic E-state index is 13.2. The summed E-state index contributed by atoms with van der Waals surface area (Å²) >= 11 is 0. The van der Waals surface area contributed by atoms with Crippen LogP contribution in [0, 0.1) is 0 Å². The van der Waals surface area contributed by atoms with Crippen LogP contribution in [0.1, 0.15) is 12.8 Å². The minimum absolute atomic E-state index is 0.0431. The van der Waals surface area contributed by atoms with E-state index in [2.05, 4.69) is 0 Å². The fourth-order valence-corrected chi connectivity index (χ4v) is 5.94. The van der Waals surface area contributed by atoms with Gasteiger partial charge in [0, 0.05) is 7.11 Å². The Morgan fingerprint density at radius 3 is 2.05 bits per heavy atom. The molecule has 1 saturated heterocycles. The second-order valence-corrected chi connectivity index (χ2v) is 8.30. The van der Waals surface area contributed by atoms with Crippen molar-refractivity contribution >= 4 is 13.7 Å². The van der Waals surface area contributed by atoms with E-state index in [1.54, 1.807) is 6.07 Å². The highest BCUT2D eigenvalue weighted by molar-refractivity contribution is 6.81. The number of halogens is 6. The highest BCUT2D eigenvalue weighted by Crippen LogP contribution is 2.53. The van der Waals surface area contributed by atoms with Gasteiger partial charge >= 0.3 is 20.9 Å². The number of hydrogen-bond donors (Lipinski definition) is 0. The first kappa shape index (κ1) is 17.3. The summed E-state index contributed by atoms with van der Waals surface area (Å²) in [5.74, 6) is 0. The molecule has 0 spiro atoms. The highest BCUT2D eigenvalue weighted by atomic mass is 28.4. The van der Waals surface area contributed by atoms with Crippen molar-refractivity contribution in [3.05, 3.63) is 30.3 Å². The summed E-state index contributed by atoms with van der Waals surface area (Å²) in [5.41, 5.74) is -4.17. The Labute approximate surface area is 124 Å². The van der Waals surface area contributed by atoms with E-state index in [-0.39, 0.29) is 17.7 Å². The molecule has 0 aromatic heterocycles. The Balaban J connectivity index is 2.53. The number of alkyl halides is 6. The Bertz CT molecular complexity index is 502. The maximum atomic E-state index is 13.2. The van der Waals surface area contributed by atoms with Crippen LogP contribution in [0.25, 0.3) is 0 Å². The third-order valence-electron chi connectivity index (χ3n) is 3.83. The molecule has 2 rings (SSSR count). The molecule has 0 aliphatic carbocycles. The molecule has 1 unspecified atom stereocenters. The molecule has 22 heavy (non-hydrogen) atoms. The topological polar surface area (TPSA) is 18.5 Å². The lowest BCUT2D eigenvalue weighted by molar-refractivity contribution is -0.367. The van der Waals surface area contributed by atoms with Gasteiger partial charge in [-0.25, -0.2) is 0 Å². The molecule has 1 aromatic carbocycles. The minimum Gasteiger partial charge on any atom is -0.394 e. The number of hydrogen-bond acceptors (Lipinski definition) is 2. The fourth-order valence-electron chi connectivity index (χ4n) is 2.67. The standard InChI is InChI=1S/C13H14F6O2Si/c1-20-22(10-6-3-2-4-7-10)9-5-8-11(21-22,12(14,15)16)13(17,18)19/h2-4,6-7H,5,8-9H2,1H3. The van der Waals surface area contributed by atoms with Crippen molar-refractivity contribution in [1.29, 1.82) is 0 Å². The second kappa shape index (κ2) is 5.54. The summed E-state index contributed by atoms with van der Waals surface area (Å²) in [4.78, 5) is 0. The zero-order valence-electron chi connectivity index (χ0n) is 11.6. The molecule has 1 heterocycles. The molecule has 0 amide bonds. The molecule has 1 fully saturated rings. The zero-order chi connectivity index (χ0) is 16.6. The van der Waals surface area contributed by atoms with Crippen LogP contribution < -0.4 is 5.19 Å². The molecule has 0 bridgehead atoms. The summed E-state index contributed by atoms with van der Waals surface area (Å²) < 4.78 is 89.2. The third kappa shape index (κ3) is 2.65. The van der Waals surface area contributed by atoms with E-state index in [0.29, 0.717) is 0 Å². The van der Waals surface area contributed by atoms with Gasteiger partial charge in [0.15, 0.2) is 0 Å². The summed E-state index contributed by atoms with van der Waals surface area (Å²) in [6, 6.07) is 7.61. The van der Waals surface area contributed by atoms with Gasteiger partial charge in [0.25, 0.3) is 5.60 Å². The van der Waals surface area contributed by atoms with E-state index >= 15 is 0 Å². The van der Waals surface area contributed by atoms with Gasteiger partial charge in [-0.3, -0.25) is 0 Å². The van der Waals surface area contributed by atoms with E-state index < -0.39 is 32.9 Å². The lowest BCUT2D eigenvalue weighted by Crippen LogP contribution is -2.70. The van der Waals surface area contributed by atoms with Crippen LogP contribution in [0.15, 0.2) is 30.3 Å². The first-order chi connectivity index (χ1) is 10.1. The Hall–Kier alpha value is -1.06. The fraction of sp³-hybridized carbons (Fsp3) is 0.538. The predicted octanol–water partition coefficient (Wildman–Crippen LogP) is 3.66. The minimum atomic E-state index is -5.56. The first-order valence-corrected chi connectivity index (χ1v) is 8.55. The van der Waals surface area contributed by atoms with Crippen molar-refractivity contribution in [2.24, 2.45) is 0 Å². The average Bonchev–Trinajstić information content (AvgIpc) is 2.46. The molecular weight excluding hydrogens is 330 g/mol. The molecule has 1 aliphatic heterocycles. The summed E-state index contributed by atoms with van der Waals surface area (Å²) in [5, 5.41) is 0.259. The largest absolute Gasteiger partial charge is 0.425 e. The molecule has 1 atom stereocenters. The SMILES string of the molecule is CO[Si]1(c2ccccc2)CCCC(C(F)(F)F)(C(F)(F)F)O1. The zero-order valence-corrected chi connectivity index (χ0v) is 12.6. The highest BCUT2D eigenvalue weighted by Gasteiger charge is 2.75. The van der Waals surface area contributed by atoms with Crippen LogP contribution in [-0.2, 0) is 8.85 Å². The van der Waals surface area contributed by atoms with Gasteiger partial charge in [0.05, 0.1) is 0 Å². The molecular formula is C13H14F6O2Si. The third-order valence-corrected chi connectivity index (χ3v) is 7.40. The molecule has 1 aromatic rings. The second-order valence-electron chi connectivity index (χ2n) is 5.10. The monoisotopic (exact) mass is 344 g/mol. The lowest BCUT2D eigenvalue weighted by atomic mass is 9.96.